The number of unbranched alkanes of at least 4 members (excludes halogenated alkanes) is 12. The summed E-state index contributed by atoms with van der Waals surface area (Å²) >= 11 is 0. The van der Waals surface area contributed by atoms with E-state index in [2.05, 4.69) is 18.7 Å². The number of nitrogens with two attached hydrogens (primary N) is 2. The topological polar surface area (TPSA) is 55.3 Å². The van der Waals surface area contributed by atoms with Crippen LogP contribution in [0.5, 0.6) is 0 Å². The maximum atomic E-state index is 5.64. The maximum Gasteiger partial charge on any atom is -0.000671 e. The van der Waals surface area contributed by atoms with Gasteiger partial charge in [-0.2, -0.15) is 0 Å². The summed E-state index contributed by atoms with van der Waals surface area (Å²) in [6, 6.07) is 0. The van der Waals surface area contributed by atoms with Crippen molar-refractivity contribution in [2.45, 2.75) is 117 Å². The lowest BCUT2D eigenvalue weighted by molar-refractivity contribution is 0.263. The predicted molar refractivity (Wildman–Crippen MR) is 123 cm³/mol. The monoisotopic (exact) mass is 383 g/mol. The lowest BCUT2D eigenvalue weighted by Crippen LogP contribution is -2.29. The van der Waals surface area contributed by atoms with Crippen molar-refractivity contribution in [2.75, 3.05) is 32.7 Å². The summed E-state index contributed by atoms with van der Waals surface area (Å²) in [5.74, 6) is 0.885. The molecule has 0 saturated heterocycles. The molecule has 0 aromatic rings. The molecule has 0 aliphatic rings. The minimum Gasteiger partial charge on any atom is -0.330 e. The molecule has 0 radical (unpaired) electrons. The fourth-order valence-electron chi connectivity index (χ4n) is 3.80. The molecule has 0 aromatic carbocycles. The van der Waals surface area contributed by atoms with Crippen LogP contribution < -0.4 is 11.5 Å². The van der Waals surface area contributed by atoms with Gasteiger partial charge in [-0.15, -0.1) is 0 Å². The van der Waals surface area contributed by atoms with Gasteiger partial charge >= 0.3 is 0 Å². The minimum atomic E-state index is 0.803. The summed E-state index contributed by atoms with van der Waals surface area (Å²) in [6.45, 7) is 9.80. The van der Waals surface area contributed by atoms with Crippen molar-refractivity contribution in [1.82, 2.24) is 4.90 Å². The van der Waals surface area contributed by atoms with E-state index in [1.54, 1.807) is 0 Å². The van der Waals surface area contributed by atoms with Crippen molar-refractivity contribution < 1.29 is 0 Å². The van der Waals surface area contributed by atoms with Gasteiger partial charge in [-0.05, 0) is 57.9 Å². The third-order valence-corrected chi connectivity index (χ3v) is 5.61. The van der Waals surface area contributed by atoms with Crippen LogP contribution in [0.2, 0.25) is 0 Å². The highest BCUT2D eigenvalue weighted by Crippen LogP contribution is 2.14. The first-order valence-electron chi connectivity index (χ1n) is 12.3. The van der Waals surface area contributed by atoms with Gasteiger partial charge in [-0.1, -0.05) is 97.3 Å². The zero-order chi connectivity index (χ0) is 20.0. The fourth-order valence-corrected chi connectivity index (χ4v) is 3.80. The second kappa shape index (κ2) is 22.2. The Kier molecular flexibility index (Phi) is 22.1. The molecule has 27 heavy (non-hydrogen) atoms. The summed E-state index contributed by atoms with van der Waals surface area (Å²) in [5.41, 5.74) is 11.3. The van der Waals surface area contributed by atoms with E-state index in [1.807, 2.05) is 0 Å². The van der Waals surface area contributed by atoms with Gasteiger partial charge in [0.05, 0.1) is 0 Å². The number of nitrogens with zero attached hydrogens (tertiary/aromatic N) is 1. The highest BCUT2D eigenvalue weighted by atomic mass is 15.1. The Hall–Kier alpha value is -0.120. The average molecular weight is 384 g/mol. The largest absolute Gasteiger partial charge is 0.330 e. The molecule has 0 unspecified atom stereocenters. The molecule has 0 aliphatic carbocycles. The first-order valence-corrected chi connectivity index (χ1v) is 12.3. The Morgan fingerprint density at radius 2 is 0.815 bits per heavy atom. The molecule has 0 aliphatic heterocycles. The summed E-state index contributed by atoms with van der Waals surface area (Å²) in [5, 5.41) is 0. The van der Waals surface area contributed by atoms with Gasteiger partial charge < -0.3 is 16.4 Å². The number of rotatable bonds is 22. The molecule has 3 heteroatoms. The summed E-state index contributed by atoms with van der Waals surface area (Å²) < 4.78 is 0. The summed E-state index contributed by atoms with van der Waals surface area (Å²) in [6.07, 6.45) is 22.3. The van der Waals surface area contributed by atoms with Crippen LogP contribution in [0.4, 0.5) is 0 Å². The molecule has 3 nitrogen and oxygen atoms in total. The fraction of sp³-hybridized carbons (Fsp3) is 1.00. The average Bonchev–Trinajstić information content (AvgIpc) is 2.66. The Morgan fingerprint density at radius 3 is 1.19 bits per heavy atom. The van der Waals surface area contributed by atoms with Gasteiger partial charge in [0.25, 0.3) is 0 Å². The second-order valence-corrected chi connectivity index (χ2v) is 8.90. The van der Waals surface area contributed by atoms with Crippen LogP contribution in [0.3, 0.4) is 0 Å². The minimum absolute atomic E-state index is 0.803. The van der Waals surface area contributed by atoms with E-state index >= 15 is 0 Å². The third kappa shape index (κ3) is 22.0. The van der Waals surface area contributed by atoms with Crippen molar-refractivity contribution in [2.24, 2.45) is 17.4 Å². The molecule has 0 amide bonds. The van der Waals surface area contributed by atoms with Crippen molar-refractivity contribution >= 4 is 0 Å². The van der Waals surface area contributed by atoms with Gasteiger partial charge in [0.2, 0.25) is 0 Å². The molecule has 4 N–H and O–H groups in total. The van der Waals surface area contributed by atoms with Crippen LogP contribution in [0.15, 0.2) is 0 Å². The molecule has 0 heterocycles. The number of hydrogen-bond donors (Lipinski definition) is 2. The van der Waals surface area contributed by atoms with Gasteiger partial charge in [0.15, 0.2) is 0 Å². The van der Waals surface area contributed by atoms with Gasteiger partial charge in [-0.3, -0.25) is 0 Å². The van der Waals surface area contributed by atoms with E-state index in [0.717, 1.165) is 44.9 Å². The van der Waals surface area contributed by atoms with Crippen LogP contribution >= 0.6 is 0 Å². The Morgan fingerprint density at radius 1 is 0.481 bits per heavy atom. The molecule has 0 rings (SSSR count). The molecule has 164 valence electrons. The van der Waals surface area contributed by atoms with E-state index < -0.39 is 0 Å². The standard InChI is InChI=1S/C24H53N3/c1-24(2)18-14-12-10-8-6-4-3-5-7-9-11-13-15-21-27(22-16-19-25)23-17-20-26/h24H,3-23,25-26H2,1-2H3. The molecular formula is C24H53N3. The van der Waals surface area contributed by atoms with Gasteiger partial charge in [0.1, 0.15) is 0 Å². The zero-order valence-corrected chi connectivity index (χ0v) is 19.0. The maximum absolute atomic E-state index is 5.64. The lowest BCUT2D eigenvalue weighted by atomic mass is 10.0. The van der Waals surface area contributed by atoms with Crippen LogP contribution in [-0.2, 0) is 0 Å². The Labute approximate surface area is 172 Å². The molecule has 0 atom stereocenters. The molecule has 0 fully saturated rings. The SMILES string of the molecule is CC(C)CCCCCCCCCCCCCCCN(CCCN)CCCN. The van der Waals surface area contributed by atoms with Crippen LogP contribution in [-0.4, -0.2) is 37.6 Å². The van der Waals surface area contributed by atoms with E-state index in [4.69, 9.17) is 11.5 Å². The highest BCUT2D eigenvalue weighted by Gasteiger charge is 2.03. The zero-order valence-electron chi connectivity index (χ0n) is 19.0. The van der Waals surface area contributed by atoms with Crippen molar-refractivity contribution in [1.29, 1.82) is 0 Å². The van der Waals surface area contributed by atoms with Crippen LogP contribution in [0.1, 0.15) is 117 Å². The molecule has 0 spiro atoms. The van der Waals surface area contributed by atoms with E-state index in [-0.39, 0.29) is 0 Å². The van der Waals surface area contributed by atoms with Crippen molar-refractivity contribution in [3.8, 4) is 0 Å². The van der Waals surface area contributed by atoms with Gasteiger partial charge in [-0.25, -0.2) is 0 Å². The molecule has 0 aromatic heterocycles. The second-order valence-electron chi connectivity index (χ2n) is 8.90. The summed E-state index contributed by atoms with van der Waals surface area (Å²) in [7, 11) is 0. The van der Waals surface area contributed by atoms with E-state index in [1.165, 1.54) is 96.4 Å². The first-order chi connectivity index (χ1) is 13.2. The lowest BCUT2D eigenvalue weighted by Gasteiger charge is -2.21. The van der Waals surface area contributed by atoms with Crippen molar-refractivity contribution in [3.63, 3.8) is 0 Å². The summed E-state index contributed by atoms with van der Waals surface area (Å²) in [4.78, 5) is 2.56. The van der Waals surface area contributed by atoms with E-state index in [0.29, 0.717) is 0 Å². The Balaban J connectivity index is 3.27. The molecule has 0 bridgehead atoms. The normalized spacial score (nSPS) is 11.8. The van der Waals surface area contributed by atoms with Gasteiger partial charge in [0, 0.05) is 0 Å². The highest BCUT2D eigenvalue weighted by molar-refractivity contribution is 4.60. The molecular weight excluding hydrogens is 330 g/mol. The third-order valence-electron chi connectivity index (χ3n) is 5.61. The number of hydrogen-bond acceptors (Lipinski definition) is 3. The van der Waals surface area contributed by atoms with E-state index in [9.17, 15) is 0 Å². The van der Waals surface area contributed by atoms with Crippen molar-refractivity contribution in [3.05, 3.63) is 0 Å². The predicted octanol–water partition coefficient (Wildman–Crippen LogP) is 6.10. The van der Waals surface area contributed by atoms with Crippen LogP contribution in [0.25, 0.3) is 0 Å². The smallest absolute Gasteiger partial charge is 0.000671 e. The van der Waals surface area contributed by atoms with Crippen LogP contribution in [0, 0.1) is 5.92 Å². The Bertz CT molecular complexity index is 260. The quantitative estimate of drug-likeness (QED) is 0.222. The first kappa shape index (κ1) is 26.9. The molecule has 0 saturated carbocycles.